The predicted molar refractivity (Wildman–Crippen MR) is 72.4 cm³/mol. The lowest BCUT2D eigenvalue weighted by Crippen LogP contribution is -2.14. The topological polar surface area (TPSA) is 125 Å². The summed E-state index contributed by atoms with van der Waals surface area (Å²) in [6, 6.07) is 5.02. The summed E-state index contributed by atoms with van der Waals surface area (Å²) in [7, 11) is -3.92. The smallest absolute Gasteiger partial charge is 0.335 e. The van der Waals surface area contributed by atoms with E-state index in [1.54, 1.807) is 6.26 Å². The molecule has 0 bridgehead atoms. The number of hydrogen-bond acceptors (Lipinski definition) is 6. The van der Waals surface area contributed by atoms with Gasteiger partial charge in [-0.2, -0.15) is 4.98 Å². The Hall–Kier alpha value is -2.07. The van der Waals surface area contributed by atoms with Gasteiger partial charge in [-0.25, -0.2) is 23.0 Å². The fourth-order valence-electron chi connectivity index (χ4n) is 1.37. The standard InChI is InChI=1S/C10H10N4O4S2/c1-19-10-11-9(12-13-10)14-20(17,18)7-4-2-3-6(5-7)8(15)16/h2-5H,1H3,(H,15,16)(H2,11,12,13,14). The van der Waals surface area contributed by atoms with Crippen LogP contribution in [0.2, 0.25) is 0 Å². The lowest BCUT2D eigenvalue weighted by atomic mass is 10.2. The number of anilines is 1. The summed E-state index contributed by atoms with van der Waals surface area (Å²) in [5, 5.41) is 15.4. The van der Waals surface area contributed by atoms with Gasteiger partial charge in [0.1, 0.15) is 0 Å². The monoisotopic (exact) mass is 314 g/mol. The molecule has 20 heavy (non-hydrogen) atoms. The number of aromatic amines is 1. The van der Waals surface area contributed by atoms with Gasteiger partial charge in [0.05, 0.1) is 10.5 Å². The highest BCUT2D eigenvalue weighted by atomic mass is 32.2. The summed E-state index contributed by atoms with van der Waals surface area (Å²) in [6.45, 7) is 0. The molecule has 1 heterocycles. The third-order valence-corrected chi connectivity index (χ3v) is 4.15. The number of rotatable bonds is 5. The Morgan fingerprint density at radius 1 is 1.45 bits per heavy atom. The van der Waals surface area contributed by atoms with Crippen molar-refractivity contribution in [1.29, 1.82) is 0 Å². The Morgan fingerprint density at radius 2 is 2.20 bits per heavy atom. The zero-order valence-corrected chi connectivity index (χ0v) is 11.8. The van der Waals surface area contributed by atoms with Crippen LogP contribution in [0.4, 0.5) is 5.95 Å². The van der Waals surface area contributed by atoms with Crippen molar-refractivity contribution in [3.05, 3.63) is 29.8 Å². The Balaban J connectivity index is 2.30. The molecule has 0 aliphatic heterocycles. The number of sulfonamides is 1. The van der Waals surface area contributed by atoms with Crippen LogP contribution in [0.25, 0.3) is 0 Å². The maximum Gasteiger partial charge on any atom is 0.335 e. The Kier molecular flexibility index (Phi) is 3.95. The molecule has 0 amide bonds. The zero-order valence-electron chi connectivity index (χ0n) is 10.2. The van der Waals surface area contributed by atoms with Gasteiger partial charge in [-0.3, -0.25) is 0 Å². The van der Waals surface area contributed by atoms with Crippen molar-refractivity contribution in [3.63, 3.8) is 0 Å². The van der Waals surface area contributed by atoms with E-state index in [0.717, 1.165) is 6.07 Å². The maximum absolute atomic E-state index is 12.1. The van der Waals surface area contributed by atoms with Gasteiger partial charge in [-0.15, -0.1) is 5.10 Å². The molecule has 0 saturated heterocycles. The molecule has 1 aromatic carbocycles. The summed E-state index contributed by atoms with van der Waals surface area (Å²) in [6.07, 6.45) is 1.75. The van der Waals surface area contributed by atoms with Crippen molar-refractivity contribution in [2.45, 2.75) is 10.1 Å². The van der Waals surface area contributed by atoms with Crippen molar-refractivity contribution >= 4 is 33.7 Å². The van der Waals surface area contributed by atoms with Crippen molar-refractivity contribution in [2.24, 2.45) is 0 Å². The van der Waals surface area contributed by atoms with Gasteiger partial charge < -0.3 is 5.11 Å². The van der Waals surface area contributed by atoms with Crippen LogP contribution in [0, 0.1) is 0 Å². The second kappa shape index (κ2) is 5.51. The number of hydrogen-bond donors (Lipinski definition) is 3. The molecule has 10 heteroatoms. The second-order valence-electron chi connectivity index (χ2n) is 3.61. The van der Waals surface area contributed by atoms with Crippen molar-refractivity contribution in [1.82, 2.24) is 15.2 Å². The first kappa shape index (κ1) is 14.3. The number of carboxylic acid groups (broad SMARTS) is 1. The highest BCUT2D eigenvalue weighted by Crippen LogP contribution is 2.16. The largest absolute Gasteiger partial charge is 0.478 e. The molecular formula is C10H10N4O4S2. The summed E-state index contributed by atoms with van der Waals surface area (Å²) < 4.78 is 26.3. The van der Waals surface area contributed by atoms with Crippen molar-refractivity contribution in [2.75, 3.05) is 11.0 Å². The number of nitrogens with one attached hydrogen (secondary N) is 2. The number of aromatic carboxylic acids is 1. The van der Waals surface area contributed by atoms with E-state index in [1.165, 1.54) is 30.0 Å². The number of H-pyrrole nitrogens is 1. The van der Waals surface area contributed by atoms with Crippen LogP contribution in [0.5, 0.6) is 0 Å². The van der Waals surface area contributed by atoms with E-state index in [9.17, 15) is 13.2 Å². The molecule has 0 saturated carbocycles. The first-order valence-corrected chi connectivity index (χ1v) is 7.96. The lowest BCUT2D eigenvalue weighted by Gasteiger charge is -2.05. The highest BCUT2D eigenvalue weighted by molar-refractivity contribution is 7.98. The molecule has 1 aromatic heterocycles. The minimum Gasteiger partial charge on any atom is -0.478 e. The summed E-state index contributed by atoms with van der Waals surface area (Å²) in [5.74, 6) is -1.23. The lowest BCUT2D eigenvalue weighted by molar-refractivity contribution is 0.0696. The average molecular weight is 314 g/mol. The Morgan fingerprint density at radius 3 is 2.80 bits per heavy atom. The van der Waals surface area contributed by atoms with Gasteiger partial charge in [0, 0.05) is 0 Å². The van der Waals surface area contributed by atoms with E-state index in [1.807, 2.05) is 0 Å². The third-order valence-electron chi connectivity index (χ3n) is 2.27. The Bertz CT molecular complexity index is 741. The molecule has 2 rings (SSSR count). The molecular weight excluding hydrogens is 304 g/mol. The number of thioether (sulfide) groups is 1. The highest BCUT2D eigenvalue weighted by Gasteiger charge is 2.18. The molecule has 0 fully saturated rings. The van der Waals surface area contributed by atoms with E-state index in [2.05, 4.69) is 19.9 Å². The molecule has 8 nitrogen and oxygen atoms in total. The summed E-state index contributed by atoms with van der Waals surface area (Å²) in [4.78, 5) is 14.6. The number of carboxylic acids is 1. The summed E-state index contributed by atoms with van der Waals surface area (Å²) >= 11 is 1.25. The minimum absolute atomic E-state index is 0.0323. The predicted octanol–water partition coefficient (Wildman–Crippen LogP) is 1.03. The minimum atomic E-state index is -3.92. The molecule has 106 valence electrons. The quantitative estimate of drug-likeness (QED) is 0.704. The van der Waals surface area contributed by atoms with Crippen LogP contribution in [0.1, 0.15) is 10.4 Å². The Labute approximate surface area is 118 Å². The number of nitrogens with zero attached hydrogens (tertiary/aromatic N) is 2. The van der Waals surface area contributed by atoms with Crippen LogP contribution in [-0.2, 0) is 10.0 Å². The number of benzene rings is 1. The zero-order chi connectivity index (χ0) is 14.8. The van der Waals surface area contributed by atoms with Crippen LogP contribution in [0.3, 0.4) is 0 Å². The first-order valence-electron chi connectivity index (χ1n) is 5.25. The number of aromatic nitrogens is 3. The molecule has 0 atom stereocenters. The second-order valence-corrected chi connectivity index (χ2v) is 6.06. The average Bonchev–Trinajstić information content (AvgIpc) is 2.86. The van der Waals surface area contributed by atoms with E-state index in [4.69, 9.17) is 5.11 Å². The molecule has 2 aromatic rings. The van der Waals surface area contributed by atoms with E-state index >= 15 is 0 Å². The first-order chi connectivity index (χ1) is 9.42. The molecule has 0 spiro atoms. The van der Waals surface area contributed by atoms with Gasteiger partial charge in [0.2, 0.25) is 11.1 Å². The van der Waals surface area contributed by atoms with Crippen molar-refractivity contribution in [3.8, 4) is 0 Å². The summed E-state index contributed by atoms with van der Waals surface area (Å²) in [5.41, 5.74) is -0.116. The van der Waals surface area contributed by atoms with Gasteiger partial charge in [-0.1, -0.05) is 17.8 Å². The molecule has 0 aliphatic carbocycles. The van der Waals surface area contributed by atoms with Crippen LogP contribution in [-0.4, -0.2) is 40.9 Å². The number of carbonyl (C=O) groups is 1. The van der Waals surface area contributed by atoms with E-state index < -0.39 is 16.0 Å². The van der Waals surface area contributed by atoms with E-state index in [-0.39, 0.29) is 16.4 Å². The van der Waals surface area contributed by atoms with Crippen LogP contribution < -0.4 is 4.72 Å². The molecule has 0 unspecified atom stereocenters. The van der Waals surface area contributed by atoms with Gasteiger partial charge in [0.15, 0.2) is 0 Å². The van der Waals surface area contributed by atoms with Gasteiger partial charge in [0.25, 0.3) is 10.0 Å². The van der Waals surface area contributed by atoms with E-state index in [0.29, 0.717) is 5.16 Å². The SMILES string of the molecule is CSc1n[nH]c(NS(=O)(=O)c2cccc(C(=O)O)c2)n1. The van der Waals surface area contributed by atoms with Crippen LogP contribution >= 0.6 is 11.8 Å². The molecule has 0 radical (unpaired) electrons. The fourth-order valence-corrected chi connectivity index (χ4v) is 2.69. The van der Waals surface area contributed by atoms with Crippen molar-refractivity contribution < 1.29 is 18.3 Å². The third kappa shape index (κ3) is 3.08. The van der Waals surface area contributed by atoms with Gasteiger partial charge in [-0.05, 0) is 24.5 Å². The normalized spacial score (nSPS) is 11.2. The molecule has 3 N–H and O–H groups in total. The van der Waals surface area contributed by atoms with Gasteiger partial charge >= 0.3 is 5.97 Å². The molecule has 0 aliphatic rings. The van der Waals surface area contributed by atoms with Crippen LogP contribution in [0.15, 0.2) is 34.3 Å². The maximum atomic E-state index is 12.1. The fraction of sp³-hybridized carbons (Fsp3) is 0.100.